The summed E-state index contributed by atoms with van der Waals surface area (Å²) in [4.78, 5) is 24.0. The van der Waals surface area contributed by atoms with Gasteiger partial charge in [-0.3, -0.25) is 9.59 Å². The van der Waals surface area contributed by atoms with Crippen molar-refractivity contribution < 1.29 is 18.7 Å². The van der Waals surface area contributed by atoms with E-state index in [1.54, 1.807) is 12.1 Å². The van der Waals surface area contributed by atoms with Crippen LogP contribution in [0.15, 0.2) is 78.9 Å². The maximum atomic E-state index is 12.9. The fraction of sp³-hybridized carbons (Fsp3) is 0.259. The zero-order chi connectivity index (χ0) is 23.3. The number of halogens is 1. The molecule has 0 saturated heterocycles. The Hall–Kier alpha value is -3.51. The van der Waals surface area contributed by atoms with E-state index in [1.165, 1.54) is 12.1 Å². The fourth-order valence-electron chi connectivity index (χ4n) is 3.34. The van der Waals surface area contributed by atoms with Gasteiger partial charge in [0, 0.05) is 18.7 Å². The highest BCUT2D eigenvalue weighted by Gasteiger charge is 2.05. The Morgan fingerprint density at radius 1 is 0.788 bits per heavy atom. The van der Waals surface area contributed by atoms with Gasteiger partial charge in [-0.25, -0.2) is 4.39 Å². The predicted octanol–water partition coefficient (Wildman–Crippen LogP) is 5.32. The predicted molar refractivity (Wildman–Crippen MR) is 128 cm³/mol. The third-order valence-electron chi connectivity index (χ3n) is 5.07. The standard InChI is InChI=1S/C27H29FN2O3/c28-24-15-13-21(14-16-24)19-33-20-27(32)29-17-6-2-5-12-26(31)30-25-11-7-10-23(18-25)22-8-3-1-4-9-22/h1,3-4,7-11,13-16,18H,2,5-6,12,17,19-20H2,(H,29,32)(H,30,31). The minimum absolute atomic E-state index is 0.0153. The van der Waals surface area contributed by atoms with E-state index in [0.29, 0.717) is 13.0 Å². The van der Waals surface area contributed by atoms with Gasteiger partial charge in [-0.05, 0) is 53.8 Å². The molecular weight excluding hydrogens is 419 g/mol. The first-order chi connectivity index (χ1) is 16.1. The summed E-state index contributed by atoms with van der Waals surface area (Å²) in [5, 5.41) is 5.76. The summed E-state index contributed by atoms with van der Waals surface area (Å²) < 4.78 is 18.2. The SMILES string of the molecule is O=C(COCc1ccc(F)cc1)NCCCCCC(=O)Nc1cccc(-c2ccccc2)c1. The van der Waals surface area contributed by atoms with Crippen molar-refractivity contribution in [3.63, 3.8) is 0 Å². The zero-order valence-electron chi connectivity index (χ0n) is 18.6. The number of nitrogens with one attached hydrogen (secondary N) is 2. The molecule has 0 aromatic heterocycles. The van der Waals surface area contributed by atoms with E-state index < -0.39 is 0 Å². The summed E-state index contributed by atoms with van der Waals surface area (Å²) in [6, 6.07) is 23.8. The van der Waals surface area contributed by atoms with E-state index >= 15 is 0 Å². The highest BCUT2D eigenvalue weighted by atomic mass is 19.1. The summed E-state index contributed by atoms with van der Waals surface area (Å²) in [6.45, 7) is 0.762. The number of rotatable bonds is 12. The van der Waals surface area contributed by atoms with Crippen LogP contribution < -0.4 is 10.6 Å². The van der Waals surface area contributed by atoms with Crippen molar-refractivity contribution in [3.05, 3.63) is 90.2 Å². The van der Waals surface area contributed by atoms with Crippen LogP contribution in [0.2, 0.25) is 0 Å². The smallest absolute Gasteiger partial charge is 0.246 e. The molecule has 0 bridgehead atoms. The molecule has 2 amide bonds. The van der Waals surface area contributed by atoms with Gasteiger partial charge in [0.05, 0.1) is 6.61 Å². The Morgan fingerprint density at radius 3 is 2.33 bits per heavy atom. The van der Waals surface area contributed by atoms with Crippen molar-refractivity contribution in [2.75, 3.05) is 18.5 Å². The molecule has 0 radical (unpaired) electrons. The Bertz CT molecular complexity index is 1020. The lowest BCUT2D eigenvalue weighted by atomic mass is 10.1. The molecule has 6 heteroatoms. The van der Waals surface area contributed by atoms with E-state index in [1.807, 2.05) is 54.6 Å². The van der Waals surface area contributed by atoms with Gasteiger partial charge in [0.1, 0.15) is 12.4 Å². The number of unbranched alkanes of at least 4 members (excludes halogenated alkanes) is 2. The lowest BCUT2D eigenvalue weighted by Gasteiger charge is -2.08. The molecule has 0 spiro atoms. The summed E-state index contributed by atoms with van der Waals surface area (Å²) in [5.74, 6) is -0.502. The summed E-state index contributed by atoms with van der Waals surface area (Å²) in [6.07, 6.45) is 2.82. The molecule has 3 aromatic carbocycles. The minimum Gasteiger partial charge on any atom is -0.367 e. The molecule has 0 atom stereocenters. The number of benzene rings is 3. The number of amides is 2. The first-order valence-corrected chi connectivity index (χ1v) is 11.1. The van der Waals surface area contributed by atoms with E-state index in [0.717, 1.165) is 41.6 Å². The second kappa shape index (κ2) is 13.1. The van der Waals surface area contributed by atoms with Crippen molar-refractivity contribution in [2.45, 2.75) is 32.3 Å². The number of ether oxygens (including phenoxy) is 1. The van der Waals surface area contributed by atoms with E-state index in [2.05, 4.69) is 10.6 Å². The van der Waals surface area contributed by atoms with Crippen LogP contribution in [0.1, 0.15) is 31.2 Å². The second-order valence-corrected chi connectivity index (χ2v) is 7.77. The number of carbonyl (C=O) groups excluding carboxylic acids is 2. The van der Waals surface area contributed by atoms with Crippen LogP contribution in [0, 0.1) is 5.82 Å². The highest BCUT2D eigenvalue weighted by Crippen LogP contribution is 2.22. The number of hydrogen-bond donors (Lipinski definition) is 2. The molecule has 0 unspecified atom stereocenters. The topological polar surface area (TPSA) is 67.4 Å². The molecule has 2 N–H and O–H groups in total. The molecule has 5 nitrogen and oxygen atoms in total. The van der Waals surface area contributed by atoms with Crippen LogP contribution in [-0.2, 0) is 20.9 Å². The van der Waals surface area contributed by atoms with Crippen molar-refractivity contribution >= 4 is 17.5 Å². The van der Waals surface area contributed by atoms with Crippen LogP contribution in [-0.4, -0.2) is 25.0 Å². The zero-order valence-corrected chi connectivity index (χ0v) is 18.6. The number of hydrogen-bond acceptors (Lipinski definition) is 3. The van der Waals surface area contributed by atoms with E-state index in [9.17, 15) is 14.0 Å². The number of anilines is 1. The summed E-state index contributed by atoms with van der Waals surface area (Å²) in [7, 11) is 0. The molecule has 0 saturated carbocycles. The fourth-order valence-corrected chi connectivity index (χ4v) is 3.34. The quantitative estimate of drug-likeness (QED) is 0.368. The van der Waals surface area contributed by atoms with Gasteiger partial charge >= 0.3 is 0 Å². The Balaban J connectivity index is 1.25. The van der Waals surface area contributed by atoms with Gasteiger partial charge < -0.3 is 15.4 Å². The molecule has 0 fully saturated rings. The third-order valence-corrected chi connectivity index (χ3v) is 5.07. The van der Waals surface area contributed by atoms with Crippen molar-refractivity contribution in [1.29, 1.82) is 0 Å². The molecule has 0 aliphatic rings. The van der Waals surface area contributed by atoms with Crippen LogP contribution in [0.25, 0.3) is 11.1 Å². The van der Waals surface area contributed by atoms with Crippen LogP contribution in [0.5, 0.6) is 0 Å². The van der Waals surface area contributed by atoms with Crippen molar-refractivity contribution in [1.82, 2.24) is 5.32 Å². The average molecular weight is 449 g/mol. The molecule has 0 aliphatic carbocycles. The number of carbonyl (C=O) groups is 2. The molecule has 33 heavy (non-hydrogen) atoms. The molecule has 3 aromatic rings. The maximum absolute atomic E-state index is 12.9. The van der Waals surface area contributed by atoms with E-state index in [-0.39, 0.29) is 30.8 Å². The van der Waals surface area contributed by atoms with Crippen molar-refractivity contribution in [3.8, 4) is 11.1 Å². The van der Waals surface area contributed by atoms with Gasteiger partial charge in [0.15, 0.2) is 0 Å². The van der Waals surface area contributed by atoms with Gasteiger partial charge in [0.25, 0.3) is 0 Å². The largest absolute Gasteiger partial charge is 0.367 e. The molecule has 0 heterocycles. The van der Waals surface area contributed by atoms with Crippen molar-refractivity contribution in [2.24, 2.45) is 0 Å². The summed E-state index contributed by atoms with van der Waals surface area (Å²) in [5.41, 5.74) is 3.77. The lowest BCUT2D eigenvalue weighted by molar-refractivity contribution is -0.126. The molecular formula is C27H29FN2O3. The normalized spacial score (nSPS) is 10.6. The first-order valence-electron chi connectivity index (χ1n) is 11.1. The average Bonchev–Trinajstić information content (AvgIpc) is 2.83. The van der Waals surface area contributed by atoms with Crippen LogP contribution >= 0.6 is 0 Å². The first kappa shape index (κ1) is 24.1. The molecule has 3 rings (SSSR count). The second-order valence-electron chi connectivity index (χ2n) is 7.77. The Labute approximate surface area is 194 Å². The van der Waals surface area contributed by atoms with Gasteiger partial charge in [-0.2, -0.15) is 0 Å². The third kappa shape index (κ3) is 8.86. The van der Waals surface area contributed by atoms with Gasteiger partial charge in [-0.1, -0.05) is 61.0 Å². The molecule has 0 aliphatic heterocycles. The lowest BCUT2D eigenvalue weighted by Crippen LogP contribution is -2.28. The van der Waals surface area contributed by atoms with Crippen LogP contribution in [0.3, 0.4) is 0 Å². The monoisotopic (exact) mass is 448 g/mol. The van der Waals surface area contributed by atoms with E-state index in [4.69, 9.17) is 4.74 Å². The maximum Gasteiger partial charge on any atom is 0.246 e. The minimum atomic E-state index is -0.300. The van der Waals surface area contributed by atoms with Gasteiger partial charge in [0.2, 0.25) is 11.8 Å². The van der Waals surface area contributed by atoms with Crippen LogP contribution in [0.4, 0.5) is 10.1 Å². The molecule has 172 valence electrons. The Kier molecular flexibility index (Phi) is 9.61. The summed E-state index contributed by atoms with van der Waals surface area (Å²) >= 11 is 0. The van der Waals surface area contributed by atoms with Gasteiger partial charge in [-0.15, -0.1) is 0 Å². The highest BCUT2D eigenvalue weighted by molar-refractivity contribution is 5.91. The Morgan fingerprint density at radius 2 is 1.55 bits per heavy atom.